The van der Waals surface area contributed by atoms with Crippen molar-refractivity contribution in [3.63, 3.8) is 0 Å². The summed E-state index contributed by atoms with van der Waals surface area (Å²) >= 11 is 0. The van der Waals surface area contributed by atoms with Gasteiger partial charge in [-0.2, -0.15) is 0 Å². The van der Waals surface area contributed by atoms with E-state index in [9.17, 15) is 4.79 Å². The van der Waals surface area contributed by atoms with E-state index in [1.54, 1.807) is 6.07 Å². The van der Waals surface area contributed by atoms with Crippen molar-refractivity contribution in [3.05, 3.63) is 52.2 Å². The van der Waals surface area contributed by atoms with Gasteiger partial charge in [0.1, 0.15) is 0 Å². The van der Waals surface area contributed by atoms with Crippen molar-refractivity contribution in [1.29, 1.82) is 0 Å². The normalized spacial score (nSPS) is 14.2. The molecular weight excluding hydrogens is 164 g/mol. The fourth-order valence-electron chi connectivity index (χ4n) is 1.34. The van der Waals surface area contributed by atoms with E-state index in [1.165, 1.54) is 13.2 Å². The van der Waals surface area contributed by atoms with Gasteiger partial charge in [0, 0.05) is 11.5 Å². The quantitative estimate of drug-likeness (QED) is 0.638. The molecule has 0 fully saturated rings. The Balaban J connectivity index is 2.60. The Morgan fingerprint density at radius 3 is 2.54 bits per heavy atom. The maximum absolute atomic E-state index is 11.5. The molecule has 1 aliphatic rings. The molecule has 0 amide bonds. The van der Waals surface area contributed by atoms with Crippen molar-refractivity contribution in [1.82, 2.24) is 0 Å². The van der Waals surface area contributed by atoms with Gasteiger partial charge in [-0.05, 0) is 6.07 Å². The lowest BCUT2D eigenvalue weighted by Gasteiger charge is -2.01. The highest BCUT2D eigenvalue weighted by molar-refractivity contribution is 5.45. The van der Waals surface area contributed by atoms with Gasteiger partial charge in [-0.15, -0.1) is 0 Å². The zero-order valence-electron chi connectivity index (χ0n) is 7.36. The Labute approximate surface area is 76.5 Å². The van der Waals surface area contributed by atoms with E-state index in [1.807, 2.05) is 24.3 Å². The molecule has 0 saturated heterocycles. The number of rotatable bonds is 2. The van der Waals surface area contributed by atoms with Crippen LogP contribution < -0.4 is 10.2 Å². The molecule has 0 atom stereocenters. The highest BCUT2D eigenvalue weighted by Gasteiger charge is 2.18. The first-order valence-electron chi connectivity index (χ1n) is 4.18. The van der Waals surface area contributed by atoms with Gasteiger partial charge in [-0.1, -0.05) is 30.4 Å². The fraction of sp³-hybridized carbons (Fsp3) is 0.182. The second kappa shape index (κ2) is 3.05. The van der Waals surface area contributed by atoms with Gasteiger partial charge in [-0.3, -0.25) is 4.79 Å². The molecule has 0 heterocycles. The molecule has 0 aromatic heterocycles. The van der Waals surface area contributed by atoms with E-state index in [2.05, 4.69) is 0 Å². The van der Waals surface area contributed by atoms with Crippen LogP contribution in [-0.4, -0.2) is 7.11 Å². The van der Waals surface area contributed by atoms with Crippen molar-refractivity contribution < 1.29 is 4.74 Å². The van der Waals surface area contributed by atoms with Crippen LogP contribution in [-0.2, 0) is 0 Å². The number of hydrogen-bond donors (Lipinski definition) is 0. The van der Waals surface area contributed by atoms with Crippen LogP contribution >= 0.6 is 0 Å². The number of allylic oxidation sites excluding steroid dienone is 2. The van der Waals surface area contributed by atoms with Gasteiger partial charge in [0.25, 0.3) is 0 Å². The summed E-state index contributed by atoms with van der Waals surface area (Å²) in [7, 11) is 1.53. The molecule has 1 aromatic rings. The van der Waals surface area contributed by atoms with Crippen LogP contribution in [0.25, 0.3) is 0 Å². The topological polar surface area (TPSA) is 26.3 Å². The van der Waals surface area contributed by atoms with Crippen LogP contribution in [0.3, 0.4) is 0 Å². The first kappa shape index (κ1) is 8.05. The number of ether oxygens (including phenoxy) is 1. The third kappa shape index (κ3) is 1.47. The molecule has 0 aliphatic heterocycles. The second-order valence-electron chi connectivity index (χ2n) is 2.98. The van der Waals surface area contributed by atoms with Crippen molar-refractivity contribution in [3.8, 4) is 5.75 Å². The van der Waals surface area contributed by atoms with Crippen LogP contribution in [0.5, 0.6) is 5.75 Å². The van der Waals surface area contributed by atoms with Gasteiger partial charge in [-0.25, -0.2) is 0 Å². The average molecular weight is 174 g/mol. The highest BCUT2D eigenvalue weighted by atomic mass is 16.5. The van der Waals surface area contributed by atoms with E-state index < -0.39 is 0 Å². The van der Waals surface area contributed by atoms with Gasteiger partial charge in [0.15, 0.2) is 5.75 Å². The minimum atomic E-state index is -0.0591. The molecule has 2 rings (SSSR count). The van der Waals surface area contributed by atoms with E-state index in [4.69, 9.17) is 4.74 Å². The van der Waals surface area contributed by atoms with E-state index in [0.717, 1.165) is 5.56 Å². The molecule has 66 valence electrons. The molecular formula is C11H10O2. The summed E-state index contributed by atoms with van der Waals surface area (Å²) in [6.45, 7) is 0. The first-order valence-corrected chi connectivity index (χ1v) is 4.18. The van der Waals surface area contributed by atoms with Crippen molar-refractivity contribution in [2.24, 2.45) is 0 Å². The summed E-state index contributed by atoms with van der Waals surface area (Å²) in [5.41, 5.74) is 0.897. The molecule has 0 bridgehead atoms. The standard InChI is InChI=1S/C11H10O2/c1-13-11-9(8-6-7-8)4-2-3-5-10(11)12/h2-8H,1H3. The van der Waals surface area contributed by atoms with Gasteiger partial charge in [0.05, 0.1) is 7.11 Å². The first-order chi connectivity index (χ1) is 6.33. The maximum atomic E-state index is 11.5. The van der Waals surface area contributed by atoms with Crippen LogP contribution in [0.1, 0.15) is 11.5 Å². The van der Waals surface area contributed by atoms with E-state index in [-0.39, 0.29) is 5.43 Å². The average Bonchev–Trinajstić information content (AvgIpc) is 2.90. The monoisotopic (exact) mass is 174 g/mol. The molecule has 0 unspecified atom stereocenters. The number of hydrogen-bond acceptors (Lipinski definition) is 2. The molecule has 0 radical (unpaired) electrons. The van der Waals surface area contributed by atoms with E-state index in [0.29, 0.717) is 11.7 Å². The van der Waals surface area contributed by atoms with Crippen molar-refractivity contribution in [2.75, 3.05) is 7.11 Å². The Kier molecular flexibility index (Phi) is 1.89. The predicted octanol–water partition coefficient (Wildman–Crippen LogP) is 1.71. The lowest BCUT2D eigenvalue weighted by molar-refractivity contribution is 0.407. The molecule has 0 spiro atoms. The van der Waals surface area contributed by atoms with Crippen molar-refractivity contribution >= 4 is 0 Å². The van der Waals surface area contributed by atoms with Crippen LogP contribution in [0.2, 0.25) is 0 Å². The smallest absolute Gasteiger partial charge is 0.220 e. The Bertz CT molecular complexity index is 401. The zero-order chi connectivity index (χ0) is 9.26. The molecule has 0 saturated carbocycles. The Morgan fingerprint density at radius 2 is 1.92 bits per heavy atom. The Morgan fingerprint density at radius 1 is 1.23 bits per heavy atom. The third-order valence-electron chi connectivity index (χ3n) is 2.07. The fourth-order valence-corrected chi connectivity index (χ4v) is 1.34. The van der Waals surface area contributed by atoms with Gasteiger partial charge in [0.2, 0.25) is 5.43 Å². The van der Waals surface area contributed by atoms with E-state index >= 15 is 0 Å². The van der Waals surface area contributed by atoms with Crippen LogP contribution in [0.4, 0.5) is 0 Å². The highest BCUT2D eigenvalue weighted by Crippen LogP contribution is 2.33. The third-order valence-corrected chi connectivity index (χ3v) is 2.07. The summed E-state index contributed by atoms with van der Waals surface area (Å²) in [5, 5.41) is 0. The Hall–Kier alpha value is -1.57. The molecule has 2 heteroatoms. The molecule has 1 aromatic carbocycles. The maximum Gasteiger partial charge on any atom is 0.220 e. The SMILES string of the molecule is COc1c(C2C=C2)ccccc1=O. The summed E-state index contributed by atoms with van der Waals surface area (Å²) in [6.07, 6.45) is 4.08. The lowest BCUT2D eigenvalue weighted by Crippen LogP contribution is -2.03. The minimum absolute atomic E-state index is 0.0591. The second-order valence-corrected chi connectivity index (χ2v) is 2.98. The van der Waals surface area contributed by atoms with Gasteiger partial charge >= 0.3 is 0 Å². The summed E-state index contributed by atoms with van der Waals surface area (Å²) in [6, 6.07) is 7.03. The zero-order valence-corrected chi connectivity index (χ0v) is 7.36. The van der Waals surface area contributed by atoms with Crippen LogP contribution in [0, 0.1) is 0 Å². The molecule has 2 nitrogen and oxygen atoms in total. The largest absolute Gasteiger partial charge is 0.492 e. The molecule has 13 heavy (non-hydrogen) atoms. The number of methoxy groups -OCH3 is 1. The van der Waals surface area contributed by atoms with Crippen LogP contribution in [0.15, 0.2) is 41.2 Å². The summed E-state index contributed by atoms with van der Waals surface area (Å²) < 4.78 is 5.08. The predicted molar refractivity (Wildman–Crippen MR) is 51.1 cm³/mol. The van der Waals surface area contributed by atoms with Gasteiger partial charge < -0.3 is 4.74 Å². The molecule has 0 N–H and O–H groups in total. The van der Waals surface area contributed by atoms with Crippen molar-refractivity contribution in [2.45, 2.75) is 5.92 Å². The molecule has 1 aliphatic carbocycles. The summed E-state index contributed by atoms with van der Waals surface area (Å²) in [5.74, 6) is 0.759. The summed E-state index contributed by atoms with van der Waals surface area (Å²) in [4.78, 5) is 11.5. The lowest BCUT2D eigenvalue weighted by atomic mass is 10.1. The minimum Gasteiger partial charge on any atom is -0.492 e.